The number of carbonyl (C=O) groups excluding carboxylic acids is 1. The normalized spacial score (nSPS) is 15.6. The first-order valence-corrected chi connectivity index (χ1v) is 11.3. The maximum Gasteiger partial charge on any atom is 0.322 e. The van der Waals surface area contributed by atoms with E-state index in [0.717, 1.165) is 17.7 Å². The summed E-state index contributed by atoms with van der Waals surface area (Å²) < 4.78 is 59.1. The second-order valence-corrected chi connectivity index (χ2v) is 9.46. The van der Waals surface area contributed by atoms with E-state index in [0.29, 0.717) is 18.9 Å². The Morgan fingerprint density at radius 1 is 1.09 bits per heavy atom. The van der Waals surface area contributed by atoms with Crippen molar-refractivity contribution in [1.29, 1.82) is 0 Å². The number of halogens is 2. The molecule has 1 saturated heterocycles. The van der Waals surface area contributed by atoms with Gasteiger partial charge in [0.2, 0.25) is 15.9 Å². The van der Waals surface area contributed by atoms with Crippen LogP contribution in [0, 0.1) is 24.5 Å². The Bertz CT molecular complexity index is 1240. The fraction of sp³-hybridized carbons (Fsp3) is 0.286. The topological polar surface area (TPSA) is 105 Å². The van der Waals surface area contributed by atoms with Gasteiger partial charge in [0, 0.05) is 25.1 Å². The standard InChI is InChI=1S/C21H20F2N4O4S/c1-13-2-5-16(6-3-13)32(29,30)27-10-8-14(9-11-27)19(28)24-21-26-25-20(31-21)17-7-4-15(22)12-18(17)23/h2-7,12,14H,8-11H2,1H3,(H,24,26,28). The van der Waals surface area contributed by atoms with Crippen molar-refractivity contribution in [3.8, 4) is 11.5 Å². The Morgan fingerprint density at radius 3 is 2.44 bits per heavy atom. The fourth-order valence-electron chi connectivity index (χ4n) is 3.47. The van der Waals surface area contributed by atoms with Crippen LogP contribution in [0.4, 0.5) is 14.8 Å². The van der Waals surface area contributed by atoms with Crippen molar-refractivity contribution in [2.75, 3.05) is 18.4 Å². The summed E-state index contributed by atoms with van der Waals surface area (Å²) in [6.45, 7) is 2.28. The first kappa shape index (κ1) is 22.0. The van der Waals surface area contributed by atoms with Crippen molar-refractivity contribution in [1.82, 2.24) is 14.5 Å². The van der Waals surface area contributed by atoms with Crippen LogP contribution in [0.25, 0.3) is 11.5 Å². The number of hydrogen-bond donors (Lipinski definition) is 1. The van der Waals surface area contributed by atoms with Crippen LogP contribution in [-0.4, -0.2) is 41.9 Å². The Labute approximate surface area is 183 Å². The largest absolute Gasteiger partial charge is 0.403 e. The van der Waals surface area contributed by atoms with E-state index in [2.05, 4.69) is 15.5 Å². The molecule has 1 aliphatic heterocycles. The monoisotopic (exact) mass is 462 g/mol. The summed E-state index contributed by atoms with van der Waals surface area (Å²) >= 11 is 0. The number of aromatic nitrogens is 2. The molecule has 11 heteroatoms. The van der Waals surface area contributed by atoms with Gasteiger partial charge in [-0.15, -0.1) is 5.10 Å². The number of rotatable bonds is 5. The van der Waals surface area contributed by atoms with E-state index < -0.39 is 33.5 Å². The smallest absolute Gasteiger partial charge is 0.322 e. The lowest BCUT2D eigenvalue weighted by molar-refractivity contribution is -0.121. The van der Waals surface area contributed by atoms with Gasteiger partial charge in [-0.25, -0.2) is 17.2 Å². The molecule has 0 saturated carbocycles. The zero-order valence-corrected chi connectivity index (χ0v) is 17.9. The maximum atomic E-state index is 13.9. The van der Waals surface area contributed by atoms with Gasteiger partial charge in [-0.2, -0.15) is 4.31 Å². The summed E-state index contributed by atoms with van der Waals surface area (Å²) in [7, 11) is -3.62. The van der Waals surface area contributed by atoms with Gasteiger partial charge in [-0.3, -0.25) is 10.1 Å². The number of nitrogens with one attached hydrogen (secondary N) is 1. The summed E-state index contributed by atoms with van der Waals surface area (Å²) in [6.07, 6.45) is 0.648. The molecule has 168 valence electrons. The van der Waals surface area contributed by atoms with E-state index >= 15 is 0 Å². The van der Waals surface area contributed by atoms with Crippen molar-refractivity contribution < 1.29 is 26.4 Å². The van der Waals surface area contributed by atoms with Crippen LogP contribution in [-0.2, 0) is 14.8 Å². The van der Waals surface area contributed by atoms with Crippen LogP contribution in [0.2, 0.25) is 0 Å². The van der Waals surface area contributed by atoms with Crippen molar-refractivity contribution in [3.05, 3.63) is 59.7 Å². The van der Waals surface area contributed by atoms with Gasteiger partial charge in [0.25, 0.3) is 5.89 Å². The highest BCUT2D eigenvalue weighted by atomic mass is 32.2. The first-order valence-electron chi connectivity index (χ1n) is 9.90. The number of amides is 1. The predicted octanol–water partition coefficient (Wildman–Crippen LogP) is 3.36. The van der Waals surface area contributed by atoms with E-state index in [1.165, 1.54) is 4.31 Å². The zero-order chi connectivity index (χ0) is 22.9. The molecule has 1 aromatic heterocycles. The van der Waals surface area contributed by atoms with Gasteiger partial charge in [-0.05, 0) is 44.0 Å². The van der Waals surface area contributed by atoms with Crippen LogP contribution < -0.4 is 5.32 Å². The Balaban J connectivity index is 1.37. The molecule has 0 bridgehead atoms. The molecular formula is C21H20F2N4O4S. The van der Waals surface area contributed by atoms with E-state index in [9.17, 15) is 22.0 Å². The van der Waals surface area contributed by atoms with Gasteiger partial charge in [0.15, 0.2) is 0 Å². The molecule has 1 N–H and O–H groups in total. The molecule has 0 spiro atoms. The molecule has 2 aromatic carbocycles. The van der Waals surface area contributed by atoms with Gasteiger partial charge >= 0.3 is 6.01 Å². The third-order valence-corrected chi connectivity index (χ3v) is 7.21. The molecule has 0 unspecified atom stereocenters. The Kier molecular flexibility index (Phi) is 6.02. The number of aryl methyl sites for hydroxylation is 1. The molecular weight excluding hydrogens is 442 g/mol. The van der Waals surface area contributed by atoms with Crippen LogP contribution in [0.15, 0.2) is 51.8 Å². The third-order valence-electron chi connectivity index (χ3n) is 5.30. The van der Waals surface area contributed by atoms with Crippen molar-refractivity contribution in [2.45, 2.75) is 24.7 Å². The average Bonchev–Trinajstić information content (AvgIpc) is 3.22. The zero-order valence-electron chi connectivity index (χ0n) is 17.1. The second kappa shape index (κ2) is 8.75. The lowest BCUT2D eigenvalue weighted by Crippen LogP contribution is -2.41. The molecule has 32 heavy (non-hydrogen) atoms. The summed E-state index contributed by atoms with van der Waals surface area (Å²) in [5, 5.41) is 9.83. The number of benzene rings is 2. The minimum Gasteiger partial charge on any atom is -0.403 e. The number of nitrogens with zero attached hydrogens (tertiary/aromatic N) is 3. The van der Waals surface area contributed by atoms with E-state index in [-0.39, 0.29) is 35.5 Å². The van der Waals surface area contributed by atoms with Crippen LogP contribution >= 0.6 is 0 Å². The molecule has 0 aliphatic carbocycles. The number of anilines is 1. The van der Waals surface area contributed by atoms with Gasteiger partial charge in [0.1, 0.15) is 11.6 Å². The molecule has 1 amide bonds. The molecule has 0 atom stereocenters. The van der Waals surface area contributed by atoms with Crippen molar-refractivity contribution in [2.24, 2.45) is 5.92 Å². The summed E-state index contributed by atoms with van der Waals surface area (Å²) in [5.41, 5.74) is 0.875. The fourth-order valence-corrected chi connectivity index (χ4v) is 4.94. The predicted molar refractivity (Wildman–Crippen MR) is 111 cm³/mol. The molecule has 8 nitrogen and oxygen atoms in total. The van der Waals surface area contributed by atoms with Crippen LogP contribution in [0.3, 0.4) is 0 Å². The number of hydrogen-bond acceptors (Lipinski definition) is 6. The highest BCUT2D eigenvalue weighted by Gasteiger charge is 2.32. The van der Waals surface area contributed by atoms with Crippen molar-refractivity contribution >= 4 is 21.9 Å². The highest BCUT2D eigenvalue weighted by molar-refractivity contribution is 7.89. The van der Waals surface area contributed by atoms with Gasteiger partial charge in [-0.1, -0.05) is 22.8 Å². The Morgan fingerprint density at radius 2 is 1.78 bits per heavy atom. The van der Waals surface area contributed by atoms with E-state index in [1.54, 1.807) is 24.3 Å². The SMILES string of the molecule is Cc1ccc(S(=O)(=O)N2CCC(C(=O)Nc3nnc(-c4ccc(F)cc4F)o3)CC2)cc1. The second-order valence-electron chi connectivity index (χ2n) is 7.52. The Hall–Kier alpha value is -3.18. The highest BCUT2D eigenvalue weighted by Crippen LogP contribution is 2.27. The van der Waals surface area contributed by atoms with E-state index in [1.807, 2.05) is 6.92 Å². The summed E-state index contributed by atoms with van der Waals surface area (Å²) in [4.78, 5) is 12.8. The minimum atomic E-state index is -3.62. The molecule has 0 radical (unpaired) electrons. The molecule has 1 aliphatic rings. The van der Waals surface area contributed by atoms with Crippen molar-refractivity contribution in [3.63, 3.8) is 0 Å². The average molecular weight is 462 g/mol. The third kappa shape index (κ3) is 4.53. The van der Waals surface area contributed by atoms with Crippen LogP contribution in [0.5, 0.6) is 0 Å². The summed E-state index contributed by atoms with van der Waals surface area (Å²) in [5.74, 6) is -2.65. The maximum absolute atomic E-state index is 13.9. The number of carbonyl (C=O) groups is 1. The van der Waals surface area contributed by atoms with E-state index in [4.69, 9.17) is 4.42 Å². The minimum absolute atomic E-state index is 0.0889. The van der Waals surface area contributed by atoms with Gasteiger partial charge < -0.3 is 4.42 Å². The lowest BCUT2D eigenvalue weighted by atomic mass is 9.97. The molecule has 4 rings (SSSR count). The van der Waals surface area contributed by atoms with Gasteiger partial charge in [0.05, 0.1) is 10.5 Å². The molecule has 2 heterocycles. The quantitative estimate of drug-likeness (QED) is 0.623. The molecule has 3 aromatic rings. The first-order chi connectivity index (χ1) is 15.2. The lowest BCUT2D eigenvalue weighted by Gasteiger charge is -2.30. The molecule has 1 fully saturated rings. The van der Waals surface area contributed by atoms with Crippen LogP contribution in [0.1, 0.15) is 18.4 Å². The summed E-state index contributed by atoms with van der Waals surface area (Å²) in [6, 6.07) is 9.31. The number of sulfonamides is 1. The number of piperidine rings is 1.